The van der Waals surface area contributed by atoms with Crippen molar-refractivity contribution in [1.29, 1.82) is 0 Å². The maximum absolute atomic E-state index is 3.50. The Bertz CT molecular complexity index is 101. The molecule has 1 atom stereocenters. The third-order valence-corrected chi connectivity index (χ3v) is 4.18. The lowest BCUT2D eigenvalue weighted by atomic mass is 9.93. The van der Waals surface area contributed by atoms with Crippen LogP contribution in [0.15, 0.2) is 0 Å². The molecule has 1 fully saturated rings. The molecular formula is C7H14IN. The van der Waals surface area contributed by atoms with Gasteiger partial charge in [0.2, 0.25) is 0 Å². The third kappa shape index (κ3) is 1.80. The van der Waals surface area contributed by atoms with E-state index in [1.807, 2.05) is 0 Å². The molecule has 0 bridgehead atoms. The minimum Gasteiger partial charge on any atom is -0.311 e. The van der Waals surface area contributed by atoms with Crippen LogP contribution in [0.5, 0.6) is 0 Å². The van der Waals surface area contributed by atoms with Crippen molar-refractivity contribution in [2.75, 3.05) is 6.54 Å². The molecule has 1 aliphatic rings. The molecule has 2 heteroatoms. The Morgan fingerprint density at radius 1 is 1.56 bits per heavy atom. The zero-order chi connectivity index (χ0) is 6.91. The maximum atomic E-state index is 3.50. The predicted molar refractivity (Wildman–Crippen MR) is 49.1 cm³/mol. The summed E-state index contributed by atoms with van der Waals surface area (Å²) in [6.45, 7) is 5.76. The van der Waals surface area contributed by atoms with Gasteiger partial charge in [-0.2, -0.15) is 0 Å². The molecule has 1 rings (SSSR count). The SMILES string of the molecule is CC1(C)NCCCC1I. The molecule has 1 nitrogen and oxygen atoms in total. The Kier molecular flexibility index (Phi) is 2.37. The van der Waals surface area contributed by atoms with Gasteiger partial charge in [0.15, 0.2) is 0 Å². The van der Waals surface area contributed by atoms with Crippen LogP contribution in [-0.4, -0.2) is 16.0 Å². The molecule has 0 aromatic heterocycles. The van der Waals surface area contributed by atoms with Crippen LogP contribution < -0.4 is 5.32 Å². The maximum Gasteiger partial charge on any atom is 0.0287 e. The van der Waals surface area contributed by atoms with E-state index < -0.39 is 0 Å². The van der Waals surface area contributed by atoms with Crippen molar-refractivity contribution in [2.45, 2.75) is 36.2 Å². The first-order valence-electron chi connectivity index (χ1n) is 3.52. The minimum absolute atomic E-state index is 0.374. The second kappa shape index (κ2) is 2.74. The van der Waals surface area contributed by atoms with Crippen LogP contribution in [0, 0.1) is 0 Å². The Balaban J connectivity index is 2.49. The fourth-order valence-electron chi connectivity index (χ4n) is 1.16. The predicted octanol–water partition coefficient (Wildman–Crippen LogP) is 1.95. The molecule has 1 saturated heterocycles. The van der Waals surface area contributed by atoms with E-state index in [1.165, 1.54) is 19.4 Å². The van der Waals surface area contributed by atoms with Gasteiger partial charge in [-0.1, -0.05) is 22.6 Å². The van der Waals surface area contributed by atoms with Gasteiger partial charge in [-0.25, -0.2) is 0 Å². The summed E-state index contributed by atoms with van der Waals surface area (Å²) in [5.74, 6) is 0. The number of rotatable bonds is 0. The molecule has 1 heterocycles. The summed E-state index contributed by atoms with van der Waals surface area (Å²) in [7, 11) is 0. The van der Waals surface area contributed by atoms with Crippen LogP contribution in [0.2, 0.25) is 0 Å². The summed E-state index contributed by atoms with van der Waals surface area (Å²) in [5.41, 5.74) is 0.374. The highest BCUT2D eigenvalue weighted by Gasteiger charge is 2.28. The van der Waals surface area contributed by atoms with Crippen LogP contribution in [0.3, 0.4) is 0 Å². The third-order valence-electron chi connectivity index (χ3n) is 2.00. The van der Waals surface area contributed by atoms with Gasteiger partial charge in [0.25, 0.3) is 0 Å². The molecule has 54 valence electrons. The highest BCUT2D eigenvalue weighted by atomic mass is 127. The molecular weight excluding hydrogens is 225 g/mol. The van der Waals surface area contributed by atoms with Gasteiger partial charge in [-0.3, -0.25) is 0 Å². The van der Waals surface area contributed by atoms with E-state index in [0.29, 0.717) is 5.54 Å². The quantitative estimate of drug-likeness (QED) is 0.503. The largest absolute Gasteiger partial charge is 0.311 e. The Labute approximate surface area is 70.7 Å². The topological polar surface area (TPSA) is 12.0 Å². The molecule has 1 aliphatic heterocycles. The first kappa shape index (κ1) is 7.79. The van der Waals surface area contributed by atoms with Gasteiger partial charge < -0.3 is 5.32 Å². The molecule has 0 aromatic carbocycles. The monoisotopic (exact) mass is 239 g/mol. The zero-order valence-electron chi connectivity index (χ0n) is 6.08. The van der Waals surface area contributed by atoms with Crippen LogP contribution in [0.1, 0.15) is 26.7 Å². The van der Waals surface area contributed by atoms with Crippen molar-refractivity contribution in [3.05, 3.63) is 0 Å². The lowest BCUT2D eigenvalue weighted by Crippen LogP contribution is -2.50. The van der Waals surface area contributed by atoms with E-state index in [-0.39, 0.29) is 0 Å². The summed E-state index contributed by atoms with van der Waals surface area (Å²) >= 11 is 2.54. The molecule has 0 aromatic rings. The van der Waals surface area contributed by atoms with Crippen molar-refractivity contribution < 1.29 is 0 Å². The second-order valence-corrected chi connectivity index (χ2v) is 4.76. The number of alkyl halides is 1. The van der Waals surface area contributed by atoms with Gasteiger partial charge in [-0.05, 0) is 33.2 Å². The zero-order valence-corrected chi connectivity index (χ0v) is 8.23. The van der Waals surface area contributed by atoms with E-state index in [1.54, 1.807) is 0 Å². The van der Waals surface area contributed by atoms with Gasteiger partial charge in [-0.15, -0.1) is 0 Å². The first-order chi connectivity index (χ1) is 4.13. The summed E-state index contributed by atoms with van der Waals surface area (Å²) in [4.78, 5) is 0. The smallest absolute Gasteiger partial charge is 0.0287 e. The summed E-state index contributed by atoms with van der Waals surface area (Å²) in [5, 5.41) is 3.50. The fourth-order valence-corrected chi connectivity index (χ4v) is 1.82. The van der Waals surface area contributed by atoms with E-state index in [4.69, 9.17) is 0 Å². The normalized spacial score (nSPS) is 34.3. The van der Waals surface area contributed by atoms with E-state index in [9.17, 15) is 0 Å². The standard InChI is InChI=1S/C7H14IN/c1-7(2)6(8)4-3-5-9-7/h6,9H,3-5H2,1-2H3. The van der Waals surface area contributed by atoms with Crippen LogP contribution in [-0.2, 0) is 0 Å². The molecule has 0 spiro atoms. The van der Waals surface area contributed by atoms with Crippen LogP contribution in [0.4, 0.5) is 0 Å². The lowest BCUT2D eigenvalue weighted by molar-refractivity contribution is 0.325. The summed E-state index contributed by atoms with van der Waals surface area (Å²) in [6, 6.07) is 0. The fraction of sp³-hybridized carbons (Fsp3) is 1.00. The van der Waals surface area contributed by atoms with E-state index in [0.717, 1.165) is 3.92 Å². The van der Waals surface area contributed by atoms with Gasteiger partial charge >= 0.3 is 0 Å². The first-order valence-corrected chi connectivity index (χ1v) is 4.76. The van der Waals surface area contributed by atoms with Gasteiger partial charge in [0.1, 0.15) is 0 Å². The van der Waals surface area contributed by atoms with Crippen molar-refractivity contribution in [3.8, 4) is 0 Å². The molecule has 1 N–H and O–H groups in total. The van der Waals surface area contributed by atoms with E-state index in [2.05, 4.69) is 41.8 Å². The Hall–Kier alpha value is 0.690. The van der Waals surface area contributed by atoms with Gasteiger partial charge in [0.05, 0.1) is 0 Å². The number of halogens is 1. The molecule has 0 saturated carbocycles. The highest BCUT2D eigenvalue weighted by Crippen LogP contribution is 2.25. The molecule has 0 amide bonds. The van der Waals surface area contributed by atoms with Crippen LogP contribution >= 0.6 is 22.6 Å². The van der Waals surface area contributed by atoms with Crippen molar-refractivity contribution >= 4 is 22.6 Å². The Morgan fingerprint density at radius 2 is 2.22 bits per heavy atom. The van der Waals surface area contributed by atoms with Gasteiger partial charge in [0, 0.05) is 9.46 Å². The van der Waals surface area contributed by atoms with Crippen LogP contribution in [0.25, 0.3) is 0 Å². The number of hydrogen-bond donors (Lipinski definition) is 1. The molecule has 9 heavy (non-hydrogen) atoms. The van der Waals surface area contributed by atoms with Crippen molar-refractivity contribution in [1.82, 2.24) is 5.32 Å². The number of nitrogens with one attached hydrogen (secondary N) is 1. The van der Waals surface area contributed by atoms with E-state index >= 15 is 0 Å². The minimum atomic E-state index is 0.374. The second-order valence-electron chi connectivity index (χ2n) is 3.26. The molecule has 1 unspecified atom stereocenters. The Morgan fingerprint density at radius 3 is 2.56 bits per heavy atom. The average molecular weight is 239 g/mol. The molecule has 0 aliphatic carbocycles. The van der Waals surface area contributed by atoms with Crippen molar-refractivity contribution in [2.24, 2.45) is 0 Å². The average Bonchev–Trinajstić information content (AvgIpc) is 1.77. The lowest BCUT2D eigenvalue weighted by Gasteiger charge is -2.36. The number of piperidine rings is 1. The molecule has 0 radical (unpaired) electrons. The number of hydrogen-bond acceptors (Lipinski definition) is 1. The highest BCUT2D eigenvalue weighted by molar-refractivity contribution is 14.1. The summed E-state index contributed by atoms with van der Waals surface area (Å²) < 4.78 is 0.809. The summed E-state index contributed by atoms with van der Waals surface area (Å²) in [6.07, 6.45) is 2.72. The van der Waals surface area contributed by atoms with Crippen molar-refractivity contribution in [3.63, 3.8) is 0 Å².